The van der Waals surface area contributed by atoms with Crippen LogP contribution in [0.15, 0.2) is 29.2 Å². The minimum Gasteiger partial charge on any atom is -0.326 e. The molecule has 0 unspecified atom stereocenters. The quantitative estimate of drug-likeness (QED) is 0.772. The number of carbonyl (C=O) groups excluding carboxylic acids is 1. The molecule has 0 atom stereocenters. The average molecular weight is 393 g/mol. The van der Waals surface area contributed by atoms with E-state index in [-0.39, 0.29) is 5.91 Å². The molecular weight excluding hydrogens is 360 g/mol. The third-order valence-electron chi connectivity index (χ3n) is 5.85. The smallest absolute Gasteiger partial charge is 0.243 e. The highest BCUT2D eigenvalue weighted by Crippen LogP contribution is 2.27. The van der Waals surface area contributed by atoms with Gasteiger partial charge in [0.2, 0.25) is 15.9 Å². The number of anilines is 1. The van der Waals surface area contributed by atoms with Crippen LogP contribution in [0.4, 0.5) is 5.69 Å². The van der Waals surface area contributed by atoms with Crippen molar-refractivity contribution >= 4 is 21.6 Å². The van der Waals surface area contributed by atoms with Crippen molar-refractivity contribution < 1.29 is 13.2 Å². The molecule has 1 aliphatic carbocycles. The lowest BCUT2D eigenvalue weighted by molar-refractivity contribution is -0.116. The highest BCUT2D eigenvalue weighted by atomic mass is 32.2. The van der Waals surface area contributed by atoms with E-state index in [0.717, 1.165) is 32.1 Å². The van der Waals surface area contributed by atoms with Crippen LogP contribution in [-0.4, -0.2) is 31.7 Å². The summed E-state index contributed by atoms with van der Waals surface area (Å²) in [7, 11) is -3.43. The molecular formula is C21H32N2O3S. The van der Waals surface area contributed by atoms with Crippen molar-refractivity contribution in [3.63, 3.8) is 0 Å². The second-order valence-electron chi connectivity index (χ2n) is 7.93. The van der Waals surface area contributed by atoms with E-state index in [1.165, 1.54) is 32.1 Å². The predicted octanol–water partition coefficient (Wildman–Crippen LogP) is 4.55. The molecule has 2 aliphatic rings. The fourth-order valence-corrected chi connectivity index (χ4v) is 5.69. The van der Waals surface area contributed by atoms with Crippen molar-refractivity contribution in [3.05, 3.63) is 24.3 Å². The zero-order chi connectivity index (χ0) is 19.1. The minimum absolute atomic E-state index is 0.0173. The molecule has 1 heterocycles. The van der Waals surface area contributed by atoms with E-state index in [4.69, 9.17) is 0 Å². The van der Waals surface area contributed by atoms with Crippen molar-refractivity contribution in [1.29, 1.82) is 0 Å². The highest BCUT2D eigenvalue weighted by Gasteiger charge is 2.25. The topological polar surface area (TPSA) is 66.5 Å². The van der Waals surface area contributed by atoms with E-state index in [1.54, 1.807) is 28.6 Å². The summed E-state index contributed by atoms with van der Waals surface area (Å²) in [5.74, 6) is 0.703. The summed E-state index contributed by atoms with van der Waals surface area (Å²) in [5, 5.41) is 2.90. The maximum Gasteiger partial charge on any atom is 0.243 e. The summed E-state index contributed by atoms with van der Waals surface area (Å²) in [6.45, 7) is 1.20. The maximum atomic E-state index is 12.8. The van der Waals surface area contributed by atoms with Crippen LogP contribution in [0.5, 0.6) is 0 Å². The maximum absolute atomic E-state index is 12.8. The summed E-state index contributed by atoms with van der Waals surface area (Å²) < 4.78 is 27.2. The van der Waals surface area contributed by atoms with Gasteiger partial charge < -0.3 is 5.32 Å². The van der Waals surface area contributed by atoms with Crippen LogP contribution < -0.4 is 5.32 Å². The molecule has 0 radical (unpaired) electrons. The molecule has 1 saturated carbocycles. The van der Waals surface area contributed by atoms with E-state index < -0.39 is 10.0 Å². The van der Waals surface area contributed by atoms with Gasteiger partial charge in [0.05, 0.1) is 4.90 Å². The molecule has 1 saturated heterocycles. The zero-order valence-corrected chi connectivity index (χ0v) is 17.0. The standard InChI is InChI=1S/C21H32N2O3S/c24-21(15-10-18-8-4-3-5-9-18)22-19-11-13-20(14-12-19)27(25,26)23-16-6-1-2-7-17-23/h11-14,18H,1-10,15-17H2,(H,22,24). The first-order chi connectivity index (χ1) is 13.1. The Labute approximate surface area is 163 Å². The van der Waals surface area contributed by atoms with Crippen LogP contribution in [-0.2, 0) is 14.8 Å². The molecule has 0 spiro atoms. The molecule has 6 heteroatoms. The predicted molar refractivity (Wildman–Crippen MR) is 108 cm³/mol. The van der Waals surface area contributed by atoms with Gasteiger partial charge in [-0.25, -0.2) is 8.42 Å². The summed E-state index contributed by atoms with van der Waals surface area (Å²) in [6, 6.07) is 6.61. The Kier molecular flexibility index (Phi) is 7.30. The van der Waals surface area contributed by atoms with Gasteiger partial charge in [-0.15, -0.1) is 0 Å². The average Bonchev–Trinajstić information content (AvgIpc) is 2.98. The lowest BCUT2D eigenvalue weighted by Gasteiger charge is -2.21. The van der Waals surface area contributed by atoms with Crippen LogP contribution in [0, 0.1) is 5.92 Å². The Morgan fingerprint density at radius 1 is 0.926 bits per heavy atom. The molecule has 1 amide bonds. The van der Waals surface area contributed by atoms with Crippen LogP contribution in [0.1, 0.15) is 70.6 Å². The van der Waals surface area contributed by atoms with Crippen molar-refractivity contribution in [2.24, 2.45) is 5.92 Å². The van der Waals surface area contributed by atoms with Gasteiger partial charge in [0.25, 0.3) is 0 Å². The number of benzene rings is 1. The van der Waals surface area contributed by atoms with Crippen molar-refractivity contribution in [2.45, 2.75) is 75.5 Å². The van der Waals surface area contributed by atoms with Crippen molar-refractivity contribution in [1.82, 2.24) is 4.31 Å². The summed E-state index contributed by atoms with van der Waals surface area (Å²) >= 11 is 0. The van der Waals surface area contributed by atoms with Crippen molar-refractivity contribution in [2.75, 3.05) is 18.4 Å². The van der Waals surface area contributed by atoms with Gasteiger partial charge in [-0.2, -0.15) is 4.31 Å². The van der Waals surface area contributed by atoms with Gasteiger partial charge in [-0.1, -0.05) is 44.9 Å². The van der Waals surface area contributed by atoms with Gasteiger partial charge >= 0.3 is 0 Å². The van der Waals surface area contributed by atoms with Gasteiger partial charge in [0.15, 0.2) is 0 Å². The third kappa shape index (κ3) is 5.79. The number of nitrogens with one attached hydrogen (secondary N) is 1. The van der Waals surface area contributed by atoms with Gasteiger partial charge in [-0.3, -0.25) is 4.79 Å². The van der Waals surface area contributed by atoms with E-state index in [1.807, 2.05) is 0 Å². The molecule has 1 aromatic rings. The lowest BCUT2D eigenvalue weighted by Crippen LogP contribution is -2.31. The molecule has 150 valence electrons. The van der Waals surface area contributed by atoms with Crippen LogP contribution in [0.2, 0.25) is 0 Å². The number of nitrogens with zero attached hydrogens (tertiary/aromatic N) is 1. The molecule has 0 bridgehead atoms. The number of hydrogen-bond donors (Lipinski definition) is 1. The Hall–Kier alpha value is -1.40. The molecule has 5 nitrogen and oxygen atoms in total. The fourth-order valence-electron chi connectivity index (χ4n) is 4.18. The summed E-state index contributed by atoms with van der Waals surface area (Å²) in [6.07, 6.45) is 11.9. The molecule has 0 aromatic heterocycles. The first kappa shape index (κ1) is 20.3. The molecule has 1 N–H and O–H groups in total. The summed E-state index contributed by atoms with van der Waals surface area (Å²) in [4.78, 5) is 12.5. The van der Waals surface area contributed by atoms with E-state index in [9.17, 15) is 13.2 Å². The van der Waals surface area contributed by atoms with Crippen molar-refractivity contribution in [3.8, 4) is 0 Å². The van der Waals surface area contributed by atoms with Gasteiger partial charge in [0.1, 0.15) is 0 Å². The van der Waals surface area contributed by atoms with E-state index in [2.05, 4.69) is 5.32 Å². The zero-order valence-electron chi connectivity index (χ0n) is 16.2. The molecule has 27 heavy (non-hydrogen) atoms. The van der Waals surface area contributed by atoms with Gasteiger partial charge in [0, 0.05) is 25.2 Å². The first-order valence-corrected chi connectivity index (χ1v) is 11.9. The third-order valence-corrected chi connectivity index (χ3v) is 7.76. The SMILES string of the molecule is O=C(CCC1CCCCC1)Nc1ccc(S(=O)(=O)N2CCCCCC2)cc1. The monoisotopic (exact) mass is 392 g/mol. The molecule has 1 aromatic carbocycles. The minimum atomic E-state index is -3.43. The van der Waals surface area contributed by atoms with E-state index >= 15 is 0 Å². The first-order valence-electron chi connectivity index (χ1n) is 10.5. The second-order valence-corrected chi connectivity index (χ2v) is 9.87. The molecule has 1 aliphatic heterocycles. The Morgan fingerprint density at radius 3 is 2.15 bits per heavy atom. The Morgan fingerprint density at radius 2 is 1.52 bits per heavy atom. The van der Waals surface area contributed by atoms with Crippen LogP contribution in [0.25, 0.3) is 0 Å². The van der Waals surface area contributed by atoms with Gasteiger partial charge in [-0.05, 0) is 49.4 Å². The number of carbonyl (C=O) groups is 1. The largest absolute Gasteiger partial charge is 0.326 e. The van der Waals surface area contributed by atoms with Crippen LogP contribution >= 0.6 is 0 Å². The Bertz CT molecular complexity index is 701. The molecule has 3 rings (SSSR count). The normalized spacial score (nSPS) is 20.1. The molecule has 2 fully saturated rings. The highest BCUT2D eigenvalue weighted by molar-refractivity contribution is 7.89. The van der Waals surface area contributed by atoms with E-state index in [0.29, 0.717) is 36.0 Å². The second kappa shape index (κ2) is 9.69. The summed E-state index contributed by atoms with van der Waals surface area (Å²) in [5.41, 5.74) is 0.665. The number of amides is 1. The number of sulfonamides is 1. The lowest BCUT2D eigenvalue weighted by atomic mass is 9.86. The number of hydrogen-bond acceptors (Lipinski definition) is 3. The Balaban J connectivity index is 1.53. The van der Waals surface area contributed by atoms with Crippen LogP contribution in [0.3, 0.4) is 0 Å². The number of rotatable bonds is 6. The fraction of sp³-hybridized carbons (Fsp3) is 0.667.